The van der Waals surface area contributed by atoms with Crippen LogP contribution in [0, 0.1) is 11.7 Å². The number of aliphatic hydroxyl groups is 1. The minimum Gasteiger partial charge on any atom is -0.393 e. The van der Waals surface area contributed by atoms with Crippen LogP contribution in [0.2, 0.25) is 0 Å². The third-order valence-electron chi connectivity index (χ3n) is 2.65. The van der Waals surface area contributed by atoms with E-state index in [9.17, 15) is 9.50 Å². The van der Waals surface area contributed by atoms with Crippen molar-refractivity contribution >= 4 is 0 Å². The smallest absolute Gasteiger partial charge is 0.123 e. The molecule has 0 saturated carbocycles. The van der Waals surface area contributed by atoms with E-state index in [1.807, 2.05) is 13.8 Å². The van der Waals surface area contributed by atoms with E-state index < -0.39 is 0 Å². The Morgan fingerprint density at radius 1 is 1.20 bits per heavy atom. The van der Waals surface area contributed by atoms with E-state index in [4.69, 9.17) is 0 Å². The zero-order valence-corrected chi connectivity index (χ0v) is 9.41. The molecule has 0 heterocycles. The van der Waals surface area contributed by atoms with Gasteiger partial charge in [-0.2, -0.15) is 0 Å². The molecule has 0 amide bonds. The summed E-state index contributed by atoms with van der Waals surface area (Å²) in [5, 5.41) is 9.59. The van der Waals surface area contributed by atoms with Gasteiger partial charge in [-0.3, -0.25) is 0 Å². The zero-order valence-electron chi connectivity index (χ0n) is 9.41. The first-order valence-corrected chi connectivity index (χ1v) is 5.52. The number of aliphatic hydroxyl groups excluding tert-OH is 1. The second kappa shape index (κ2) is 5.86. The van der Waals surface area contributed by atoms with Gasteiger partial charge in [0, 0.05) is 0 Å². The summed E-state index contributed by atoms with van der Waals surface area (Å²) in [6.07, 6.45) is 2.45. The van der Waals surface area contributed by atoms with Crippen molar-refractivity contribution in [2.75, 3.05) is 0 Å². The molecule has 1 N–H and O–H groups in total. The molecule has 0 aliphatic heterocycles. The summed E-state index contributed by atoms with van der Waals surface area (Å²) in [5.74, 6) is 0.124. The van der Waals surface area contributed by atoms with Gasteiger partial charge >= 0.3 is 0 Å². The third kappa shape index (κ3) is 4.43. The van der Waals surface area contributed by atoms with E-state index in [1.165, 1.54) is 12.1 Å². The predicted octanol–water partition coefficient (Wildman–Crippen LogP) is 3.17. The maximum absolute atomic E-state index is 12.6. The SMILES string of the molecule is CC(C)C(O)CCCc1ccc(F)cc1. The molecular formula is C13H19FO. The second-order valence-electron chi connectivity index (χ2n) is 4.33. The number of hydrogen-bond donors (Lipinski definition) is 1. The Kier molecular flexibility index (Phi) is 4.76. The lowest BCUT2D eigenvalue weighted by molar-refractivity contribution is 0.114. The number of aryl methyl sites for hydroxylation is 1. The first-order chi connectivity index (χ1) is 7.09. The van der Waals surface area contributed by atoms with Gasteiger partial charge < -0.3 is 5.11 Å². The van der Waals surface area contributed by atoms with E-state index in [0.717, 1.165) is 24.8 Å². The molecule has 0 fully saturated rings. The summed E-state index contributed by atoms with van der Waals surface area (Å²) in [5.41, 5.74) is 1.13. The van der Waals surface area contributed by atoms with Crippen LogP contribution in [0.3, 0.4) is 0 Å². The Hall–Kier alpha value is -0.890. The minimum atomic E-state index is -0.217. The summed E-state index contributed by atoms with van der Waals surface area (Å²) in [6.45, 7) is 4.03. The first kappa shape index (κ1) is 12.2. The molecular weight excluding hydrogens is 191 g/mol. The average molecular weight is 210 g/mol. The number of hydrogen-bond acceptors (Lipinski definition) is 1. The highest BCUT2D eigenvalue weighted by atomic mass is 19.1. The molecule has 1 aromatic carbocycles. The molecule has 15 heavy (non-hydrogen) atoms. The normalized spacial score (nSPS) is 13.1. The Balaban J connectivity index is 2.29. The van der Waals surface area contributed by atoms with Gasteiger partial charge in [0.25, 0.3) is 0 Å². The quantitative estimate of drug-likeness (QED) is 0.791. The molecule has 0 saturated heterocycles. The van der Waals surface area contributed by atoms with Crippen LogP contribution in [0.25, 0.3) is 0 Å². The van der Waals surface area contributed by atoms with Gasteiger partial charge in [-0.15, -0.1) is 0 Å². The number of rotatable bonds is 5. The molecule has 0 spiro atoms. The van der Waals surface area contributed by atoms with Crippen LogP contribution < -0.4 is 0 Å². The van der Waals surface area contributed by atoms with Crippen molar-refractivity contribution in [2.24, 2.45) is 5.92 Å². The second-order valence-corrected chi connectivity index (χ2v) is 4.33. The van der Waals surface area contributed by atoms with Crippen molar-refractivity contribution in [3.63, 3.8) is 0 Å². The lowest BCUT2D eigenvalue weighted by atomic mass is 9.99. The molecule has 1 atom stereocenters. The molecule has 84 valence electrons. The maximum atomic E-state index is 12.6. The van der Waals surface area contributed by atoms with Crippen molar-refractivity contribution in [1.29, 1.82) is 0 Å². The summed E-state index contributed by atoms with van der Waals surface area (Å²) in [6, 6.07) is 6.57. The highest BCUT2D eigenvalue weighted by Crippen LogP contribution is 2.12. The van der Waals surface area contributed by atoms with Gasteiger partial charge in [0.15, 0.2) is 0 Å². The summed E-state index contributed by atoms with van der Waals surface area (Å²) < 4.78 is 12.6. The van der Waals surface area contributed by atoms with Crippen LogP contribution in [-0.4, -0.2) is 11.2 Å². The molecule has 0 aliphatic rings. The predicted molar refractivity (Wildman–Crippen MR) is 60.2 cm³/mol. The fourth-order valence-corrected chi connectivity index (χ4v) is 1.50. The van der Waals surface area contributed by atoms with Crippen LogP contribution in [-0.2, 0) is 6.42 Å². The van der Waals surface area contributed by atoms with Crippen molar-refractivity contribution in [1.82, 2.24) is 0 Å². The van der Waals surface area contributed by atoms with Gasteiger partial charge in [-0.1, -0.05) is 26.0 Å². The highest BCUT2D eigenvalue weighted by Gasteiger charge is 2.08. The van der Waals surface area contributed by atoms with Gasteiger partial charge in [-0.05, 0) is 42.9 Å². The zero-order chi connectivity index (χ0) is 11.3. The fraction of sp³-hybridized carbons (Fsp3) is 0.538. The van der Waals surface area contributed by atoms with Crippen LogP contribution in [0.4, 0.5) is 4.39 Å². The molecule has 0 aromatic heterocycles. The number of benzene rings is 1. The summed E-state index contributed by atoms with van der Waals surface area (Å²) in [7, 11) is 0. The Morgan fingerprint density at radius 3 is 2.33 bits per heavy atom. The van der Waals surface area contributed by atoms with E-state index in [2.05, 4.69) is 0 Å². The third-order valence-corrected chi connectivity index (χ3v) is 2.65. The standard InChI is InChI=1S/C13H19FO/c1-10(2)13(15)5-3-4-11-6-8-12(14)9-7-11/h6-10,13,15H,3-5H2,1-2H3. The molecule has 1 nitrogen and oxygen atoms in total. The van der Waals surface area contributed by atoms with Gasteiger partial charge in [0.05, 0.1) is 6.10 Å². The molecule has 1 unspecified atom stereocenters. The van der Waals surface area contributed by atoms with E-state index in [1.54, 1.807) is 12.1 Å². The Labute approximate surface area is 90.9 Å². The van der Waals surface area contributed by atoms with Gasteiger partial charge in [0.2, 0.25) is 0 Å². The fourth-order valence-electron chi connectivity index (χ4n) is 1.50. The molecule has 1 aromatic rings. The molecule has 0 radical (unpaired) electrons. The first-order valence-electron chi connectivity index (χ1n) is 5.52. The van der Waals surface area contributed by atoms with Crippen LogP contribution in [0.5, 0.6) is 0 Å². The monoisotopic (exact) mass is 210 g/mol. The van der Waals surface area contributed by atoms with E-state index in [-0.39, 0.29) is 11.9 Å². The molecule has 0 aliphatic carbocycles. The van der Waals surface area contributed by atoms with Gasteiger partial charge in [0.1, 0.15) is 5.82 Å². The van der Waals surface area contributed by atoms with Gasteiger partial charge in [-0.25, -0.2) is 4.39 Å². The summed E-state index contributed by atoms with van der Waals surface area (Å²) in [4.78, 5) is 0. The topological polar surface area (TPSA) is 20.2 Å². The highest BCUT2D eigenvalue weighted by molar-refractivity contribution is 5.15. The molecule has 2 heteroatoms. The lowest BCUT2D eigenvalue weighted by Gasteiger charge is -2.13. The van der Waals surface area contributed by atoms with Crippen molar-refractivity contribution < 1.29 is 9.50 Å². The molecule has 1 rings (SSSR count). The van der Waals surface area contributed by atoms with Crippen molar-refractivity contribution in [2.45, 2.75) is 39.2 Å². The average Bonchev–Trinajstić information content (AvgIpc) is 2.20. The van der Waals surface area contributed by atoms with Crippen molar-refractivity contribution in [3.8, 4) is 0 Å². The molecule has 0 bridgehead atoms. The minimum absolute atomic E-state index is 0.194. The summed E-state index contributed by atoms with van der Waals surface area (Å²) >= 11 is 0. The van der Waals surface area contributed by atoms with Crippen LogP contribution >= 0.6 is 0 Å². The maximum Gasteiger partial charge on any atom is 0.123 e. The van der Waals surface area contributed by atoms with E-state index >= 15 is 0 Å². The number of halogens is 1. The van der Waals surface area contributed by atoms with Crippen LogP contribution in [0.15, 0.2) is 24.3 Å². The Bertz CT molecular complexity index is 279. The van der Waals surface area contributed by atoms with Crippen molar-refractivity contribution in [3.05, 3.63) is 35.6 Å². The largest absolute Gasteiger partial charge is 0.393 e. The van der Waals surface area contributed by atoms with Crippen LogP contribution in [0.1, 0.15) is 32.3 Å². The lowest BCUT2D eigenvalue weighted by Crippen LogP contribution is -2.14. The Morgan fingerprint density at radius 2 is 1.80 bits per heavy atom. The van der Waals surface area contributed by atoms with E-state index in [0.29, 0.717) is 5.92 Å².